The van der Waals surface area contributed by atoms with Gasteiger partial charge in [-0.3, -0.25) is 14.9 Å². The van der Waals surface area contributed by atoms with Crippen LogP contribution in [0.15, 0.2) is 78.9 Å². The molecule has 0 aromatic heterocycles. The Hall–Kier alpha value is -4.30. The molecule has 0 radical (unpaired) electrons. The van der Waals surface area contributed by atoms with Crippen molar-refractivity contribution in [2.45, 2.75) is 88.9 Å². The van der Waals surface area contributed by atoms with Crippen LogP contribution in [0.25, 0.3) is 10.8 Å². The van der Waals surface area contributed by atoms with Crippen molar-refractivity contribution in [3.63, 3.8) is 0 Å². The van der Waals surface area contributed by atoms with Crippen molar-refractivity contribution in [1.29, 1.82) is 0 Å². The molecule has 4 aromatic rings. The number of benzene rings is 4. The molecule has 1 fully saturated rings. The van der Waals surface area contributed by atoms with Gasteiger partial charge in [-0.2, -0.15) is 0 Å². The fourth-order valence-corrected chi connectivity index (χ4v) is 7.61. The lowest BCUT2D eigenvalue weighted by atomic mass is 9.84. The van der Waals surface area contributed by atoms with E-state index in [0.717, 1.165) is 109 Å². The predicted molar refractivity (Wildman–Crippen MR) is 190 cm³/mol. The number of carbonyl (C=O) groups is 3. The second-order valence-corrected chi connectivity index (χ2v) is 14.0. The summed E-state index contributed by atoms with van der Waals surface area (Å²) in [6, 6.07) is 25.5. The van der Waals surface area contributed by atoms with E-state index in [2.05, 4.69) is 25.2 Å². The lowest BCUT2D eigenvalue weighted by molar-refractivity contribution is -0.118. The van der Waals surface area contributed by atoms with Gasteiger partial charge in [0.15, 0.2) is 0 Å². The van der Waals surface area contributed by atoms with Gasteiger partial charge in [-0.15, -0.1) is 0 Å². The van der Waals surface area contributed by atoms with Crippen LogP contribution in [0.1, 0.15) is 85.8 Å². The minimum absolute atomic E-state index is 0.230. The summed E-state index contributed by atoms with van der Waals surface area (Å²) in [5.41, 5.74) is 3.26. The maximum atomic E-state index is 13.5. The fourth-order valence-electron chi connectivity index (χ4n) is 6.75. The summed E-state index contributed by atoms with van der Waals surface area (Å²) < 4.78 is 19.2. The third kappa shape index (κ3) is 7.87. The number of rotatable bonds is 14. The zero-order valence-corrected chi connectivity index (χ0v) is 28.5. The minimum atomic E-state index is -0.385. The number of esters is 1. The van der Waals surface area contributed by atoms with Crippen LogP contribution in [0.2, 0.25) is 0 Å². The van der Waals surface area contributed by atoms with Crippen LogP contribution >= 0.6 is 11.8 Å². The van der Waals surface area contributed by atoms with Crippen LogP contribution in [0.5, 0.6) is 17.2 Å². The maximum absolute atomic E-state index is 13.5. The van der Waals surface area contributed by atoms with Gasteiger partial charge in [0.05, 0.1) is 17.4 Å². The first-order valence-corrected chi connectivity index (χ1v) is 18.0. The van der Waals surface area contributed by atoms with Crippen molar-refractivity contribution in [2.75, 3.05) is 6.61 Å². The molecule has 48 heavy (non-hydrogen) atoms. The van der Waals surface area contributed by atoms with E-state index in [1.165, 1.54) is 0 Å². The molecular weight excluding hydrogens is 623 g/mol. The number of imide groups is 1. The number of amides is 2. The highest BCUT2D eigenvalue weighted by molar-refractivity contribution is 8.15. The summed E-state index contributed by atoms with van der Waals surface area (Å²) in [4.78, 5) is 36.9. The van der Waals surface area contributed by atoms with Crippen molar-refractivity contribution in [3.05, 3.63) is 101 Å². The molecule has 1 N–H and O–H groups in total. The van der Waals surface area contributed by atoms with Crippen molar-refractivity contribution < 1.29 is 28.6 Å². The first-order valence-electron chi connectivity index (χ1n) is 17.1. The Bertz CT molecular complexity index is 1780. The number of carbonyl (C=O) groups excluding carboxylic acids is 3. The summed E-state index contributed by atoms with van der Waals surface area (Å²) >= 11 is 1.04. The van der Waals surface area contributed by atoms with Crippen molar-refractivity contribution in [1.82, 2.24) is 5.32 Å². The summed E-state index contributed by atoms with van der Waals surface area (Å²) in [6.07, 6.45) is 8.84. The van der Waals surface area contributed by atoms with Gasteiger partial charge >= 0.3 is 5.97 Å². The SMILES string of the molecule is CCCCCc1cc2c(cc1OC(=O)c1cccc3ccccc13)CCC(CCC)(CCOc1ccc(CC3SC(=O)NC3=O)cc1)O2. The molecule has 8 heteroatoms. The maximum Gasteiger partial charge on any atom is 0.344 e. The highest BCUT2D eigenvalue weighted by Gasteiger charge is 2.36. The number of thioether (sulfide) groups is 1. The quantitative estimate of drug-likeness (QED) is 0.0817. The van der Waals surface area contributed by atoms with Crippen molar-refractivity contribution in [3.8, 4) is 17.2 Å². The van der Waals surface area contributed by atoms with Gasteiger partial charge in [-0.05, 0) is 96.3 Å². The van der Waals surface area contributed by atoms with Crippen molar-refractivity contribution in [2.24, 2.45) is 0 Å². The Labute approximate surface area is 286 Å². The predicted octanol–water partition coefficient (Wildman–Crippen LogP) is 9.02. The summed E-state index contributed by atoms with van der Waals surface area (Å²) in [7, 11) is 0. The molecular formula is C40H43NO6S. The van der Waals surface area contributed by atoms with Gasteiger partial charge in [0.2, 0.25) is 5.91 Å². The number of ether oxygens (including phenoxy) is 3. The molecule has 4 aromatic carbocycles. The zero-order valence-electron chi connectivity index (χ0n) is 27.7. The molecule has 2 amide bonds. The second kappa shape index (κ2) is 15.3. The molecule has 1 saturated heterocycles. The molecule has 2 aliphatic rings. The van der Waals surface area contributed by atoms with E-state index in [9.17, 15) is 14.4 Å². The lowest BCUT2D eigenvalue weighted by Crippen LogP contribution is -2.41. The molecule has 0 aliphatic carbocycles. The molecule has 6 rings (SSSR count). The second-order valence-electron chi connectivity index (χ2n) is 12.8. The van der Waals surface area contributed by atoms with Crippen LogP contribution < -0.4 is 19.5 Å². The average Bonchev–Trinajstić information content (AvgIpc) is 3.41. The van der Waals surface area contributed by atoms with E-state index in [-0.39, 0.29) is 28.0 Å². The molecule has 0 spiro atoms. The van der Waals surface area contributed by atoms with E-state index in [1.807, 2.05) is 72.8 Å². The Kier molecular flexibility index (Phi) is 10.7. The molecule has 2 atom stereocenters. The molecule has 2 heterocycles. The molecule has 0 saturated carbocycles. The monoisotopic (exact) mass is 665 g/mol. The Morgan fingerprint density at radius 2 is 1.77 bits per heavy atom. The van der Waals surface area contributed by atoms with Gasteiger partial charge in [0, 0.05) is 6.42 Å². The Morgan fingerprint density at radius 1 is 0.958 bits per heavy atom. The largest absolute Gasteiger partial charge is 0.493 e. The van der Waals surface area contributed by atoms with E-state index < -0.39 is 0 Å². The highest BCUT2D eigenvalue weighted by atomic mass is 32.2. The van der Waals surface area contributed by atoms with Crippen LogP contribution in [0.4, 0.5) is 4.79 Å². The van der Waals surface area contributed by atoms with Crippen LogP contribution in [-0.2, 0) is 24.1 Å². The van der Waals surface area contributed by atoms with Gasteiger partial charge in [-0.25, -0.2) is 4.79 Å². The normalized spacial score (nSPS) is 18.7. The summed E-state index contributed by atoms with van der Waals surface area (Å²) in [5, 5.41) is 3.57. The fraction of sp³-hybridized carbons (Fsp3) is 0.375. The van der Waals surface area contributed by atoms with E-state index in [4.69, 9.17) is 14.2 Å². The van der Waals surface area contributed by atoms with Crippen molar-refractivity contribution >= 4 is 39.7 Å². The van der Waals surface area contributed by atoms with Crippen LogP contribution in [0, 0.1) is 0 Å². The molecule has 2 unspecified atom stereocenters. The third-order valence-corrected chi connectivity index (χ3v) is 10.3. The first-order chi connectivity index (χ1) is 23.4. The zero-order chi connectivity index (χ0) is 33.5. The number of nitrogens with one attached hydrogen (secondary N) is 1. The van der Waals surface area contributed by atoms with Crippen LogP contribution in [-0.4, -0.2) is 34.6 Å². The third-order valence-electron chi connectivity index (χ3n) is 9.33. The average molecular weight is 666 g/mol. The number of aryl methyl sites for hydroxylation is 2. The standard InChI is InChI=1S/C40H43NO6S/c1-3-5-6-11-29-26-35-30(25-34(29)46-38(43)33-14-9-12-28-10-7-8-13-32(28)33)19-21-40(47-35,20-4-2)22-23-45-31-17-15-27(16-18-31)24-36-37(42)41-39(44)48-36/h7-10,12-18,25-26,36H,3-6,11,19-24H2,1-2H3,(H,41,42,44). The highest BCUT2D eigenvalue weighted by Crippen LogP contribution is 2.42. The Balaban J connectivity index is 1.14. The van der Waals surface area contributed by atoms with Gasteiger partial charge in [0.1, 0.15) is 22.8 Å². The first kappa shape index (κ1) is 33.6. The van der Waals surface area contributed by atoms with E-state index in [1.54, 1.807) is 0 Å². The summed E-state index contributed by atoms with van der Waals surface area (Å²) in [5.74, 6) is 1.69. The summed E-state index contributed by atoms with van der Waals surface area (Å²) in [6.45, 7) is 4.88. The van der Waals surface area contributed by atoms with Gasteiger partial charge in [0.25, 0.3) is 5.24 Å². The van der Waals surface area contributed by atoms with Crippen LogP contribution in [0.3, 0.4) is 0 Å². The van der Waals surface area contributed by atoms with E-state index in [0.29, 0.717) is 24.3 Å². The lowest BCUT2D eigenvalue weighted by Gasteiger charge is -2.39. The smallest absolute Gasteiger partial charge is 0.344 e. The van der Waals surface area contributed by atoms with Gasteiger partial charge < -0.3 is 14.2 Å². The molecule has 0 bridgehead atoms. The number of hydrogen-bond donors (Lipinski definition) is 1. The van der Waals surface area contributed by atoms with E-state index >= 15 is 0 Å². The number of unbranched alkanes of at least 4 members (excludes halogenated alkanes) is 2. The minimum Gasteiger partial charge on any atom is -0.493 e. The molecule has 250 valence electrons. The van der Waals surface area contributed by atoms with Gasteiger partial charge in [-0.1, -0.05) is 93.4 Å². The topological polar surface area (TPSA) is 90.9 Å². The Morgan fingerprint density at radius 3 is 2.54 bits per heavy atom. The number of fused-ring (bicyclic) bond motifs is 2. The molecule has 7 nitrogen and oxygen atoms in total. The number of hydrogen-bond acceptors (Lipinski definition) is 7. The molecule has 2 aliphatic heterocycles.